The molecule has 0 bridgehead atoms. The summed E-state index contributed by atoms with van der Waals surface area (Å²) in [7, 11) is 0. The number of nitrogens with zero attached hydrogens (tertiary/aromatic N) is 1. The van der Waals surface area contributed by atoms with E-state index in [1.807, 2.05) is 31.2 Å². The number of carbonyl (C=O) groups is 1. The molecule has 0 saturated carbocycles. The molecule has 0 spiro atoms. The van der Waals surface area contributed by atoms with Crippen LogP contribution in [0.4, 0.5) is 0 Å². The average Bonchev–Trinajstić information content (AvgIpc) is 2.65. The number of fused-ring (bicyclic) bond motifs is 1. The molecule has 1 heterocycles. The van der Waals surface area contributed by atoms with Gasteiger partial charge in [-0.05, 0) is 24.6 Å². The smallest absolute Gasteiger partial charge is 0.360 e. The first-order valence-electron chi connectivity index (χ1n) is 8.22. The number of para-hydroxylation sites is 1. The van der Waals surface area contributed by atoms with Gasteiger partial charge < -0.3 is 14.6 Å². The molecule has 0 saturated heterocycles. The van der Waals surface area contributed by atoms with Gasteiger partial charge in [0.1, 0.15) is 5.75 Å². The van der Waals surface area contributed by atoms with E-state index in [1.54, 1.807) is 30.3 Å². The first kappa shape index (κ1) is 16.8. The number of carbonyl (C=O) groups excluding carboxylic acids is 1. The monoisotopic (exact) mass is 337 g/mol. The van der Waals surface area contributed by atoms with Crippen LogP contribution in [-0.4, -0.2) is 22.7 Å². The first-order chi connectivity index (χ1) is 12.2. The number of pyridine rings is 1. The van der Waals surface area contributed by atoms with Gasteiger partial charge in [-0.1, -0.05) is 49.7 Å². The van der Waals surface area contributed by atoms with Crippen molar-refractivity contribution >= 4 is 16.7 Å². The molecule has 1 aromatic heterocycles. The van der Waals surface area contributed by atoms with Crippen LogP contribution in [0.3, 0.4) is 0 Å². The molecular weight excluding hydrogens is 318 g/mol. The zero-order valence-corrected chi connectivity index (χ0v) is 13.9. The van der Waals surface area contributed by atoms with Gasteiger partial charge in [-0.25, -0.2) is 9.78 Å². The fourth-order valence-electron chi connectivity index (χ4n) is 2.42. The van der Waals surface area contributed by atoms with E-state index >= 15 is 0 Å². The molecule has 0 fully saturated rings. The van der Waals surface area contributed by atoms with Gasteiger partial charge in [0.2, 0.25) is 5.88 Å². The number of unbranched alkanes of at least 4 members (excludes halogenated alkanes) is 1. The number of hydrogen-bond acceptors (Lipinski definition) is 5. The molecule has 128 valence electrons. The van der Waals surface area contributed by atoms with Crippen LogP contribution in [0.2, 0.25) is 0 Å². The minimum absolute atomic E-state index is 0.138. The molecule has 0 aliphatic carbocycles. The van der Waals surface area contributed by atoms with Crippen molar-refractivity contribution in [2.45, 2.75) is 19.8 Å². The average molecular weight is 337 g/mol. The number of esters is 1. The van der Waals surface area contributed by atoms with Crippen LogP contribution >= 0.6 is 0 Å². The molecule has 25 heavy (non-hydrogen) atoms. The van der Waals surface area contributed by atoms with E-state index < -0.39 is 5.97 Å². The van der Waals surface area contributed by atoms with Gasteiger partial charge in [-0.15, -0.1) is 0 Å². The Balaban J connectivity index is 2.03. The SMILES string of the molecule is CCCCOC(=O)c1nc(Oc2ccccc2)c2ccccc2c1O. The van der Waals surface area contributed by atoms with Crippen molar-refractivity contribution in [1.29, 1.82) is 0 Å². The van der Waals surface area contributed by atoms with Gasteiger partial charge in [-0.3, -0.25) is 0 Å². The normalized spacial score (nSPS) is 10.6. The third kappa shape index (κ3) is 3.71. The lowest BCUT2D eigenvalue weighted by Gasteiger charge is -2.12. The molecule has 3 rings (SSSR count). The van der Waals surface area contributed by atoms with Gasteiger partial charge >= 0.3 is 5.97 Å². The summed E-state index contributed by atoms with van der Waals surface area (Å²) in [5, 5.41) is 11.6. The topological polar surface area (TPSA) is 68.7 Å². The van der Waals surface area contributed by atoms with E-state index in [4.69, 9.17) is 9.47 Å². The van der Waals surface area contributed by atoms with Crippen LogP contribution < -0.4 is 4.74 Å². The molecule has 0 aliphatic rings. The fourth-order valence-corrected chi connectivity index (χ4v) is 2.42. The maximum absolute atomic E-state index is 12.3. The number of aromatic nitrogens is 1. The Hall–Kier alpha value is -3.08. The van der Waals surface area contributed by atoms with Crippen LogP contribution in [0.1, 0.15) is 30.3 Å². The Morgan fingerprint density at radius 2 is 1.72 bits per heavy atom. The second kappa shape index (κ2) is 7.66. The number of hydrogen-bond donors (Lipinski definition) is 1. The summed E-state index contributed by atoms with van der Waals surface area (Å²) in [5.41, 5.74) is -0.138. The van der Waals surface area contributed by atoms with Crippen molar-refractivity contribution in [2.24, 2.45) is 0 Å². The molecular formula is C20H19NO4. The van der Waals surface area contributed by atoms with E-state index in [0.29, 0.717) is 16.5 Å². The van der Waals surface area contributed by atoms with Gasteiger partial charge in [0.15, 0.2) is 11.4 Å². The van der Waals surface area contributed by atoms with Crippen molar-refractivity contribution in [2.75, 3.05) is 6.61 Å². The second-order valence-corrected chi connectivity index (χ2v) is 5.56. The van der Waals surface area contributed by atoms with Gasteiger partial charge in [0, 0.05) is 10.8 Å². The van der Waals surface area contributed by atoms with Crippen molar-refractivity contribution < 1.29 is 19.4 Å². The van der Waals surface area contributed by atoms with E-state index in [0.717, 1.165) is 12.8 Å². The minimum atomic E-state index is -0.658. The highest BCUT2D eigenvalue weighted by Crippen LogP contribution is 2.35. The number of aromatic hydroxyl groups is 1. The molecule has 5 heteroatoms. The van der Waals surface area contributed by atoms with Crippen molar-refractivity contribution in [3.63, 3.8) is 0 Å². The van der Waals surface area contributed by atoms with Crippen molar-refractivity contribution in [3.05, 3.63) is 60.3 Å². The third-order valence-corrected chi connectivity index (χ3v) is 3.73. The molecule has 0 aliphatic heterocycles. The van der Waals surface area contributed by atoms with Crippen LogP contribution in [0.15, 0.2) is 54.6 Å². The Morgan fingerprint density at radius 1 is 1.04 bits per heavy atom. The molecule has 2 aromatic carbocycles. The van der Waals surface area contributed by atoms with Crippen LogP contribution in [0.5, 0.6) is 17.4 Å². The van der Waals surface area contributed by atoms with Crippen molar-refractivity contribution in [3.8, 4) is 17.4 Å². The maximum atomic E-state index is 12.3. The lowest BCUT2D eigenvalue weighted by Crippen LogP contribution is -2.10. The molecule has 0 amide bonds. The Morgan fingerprint density at radius 3 is 2.44 bits per heavy atom. The first-order valence-corrected chi connectivity index (χ1v) is 8.22. The zero-order chi connectivity index (χ0) is 17.6. The standard InChI is InChI=1S/C20H19NO4/c1-2-3-13-24-20(23)17-18(22)15-11-7-8-12-16(15)19(21-17)25-14-9-5-4-6-10-14/h4-12,22H,2-3,13H2,1H3. The summed E-state index contributed by atoms with van der Waals surface area (Å²) in [6, 6.07) is 16.3. The summed E-state index contributed by atoms with van der Waals surface area (Å²) in [6.45, 7) is 2.30. The largest absolute Gasteiger partial charge is 0.505 e. The summed E-state index contributed by atoms with van der Waals surface area (Å²) >= 11 is 0. The summed E-state index contributed by atoms with van der Waals surface area (Å²) in [4.78, 5) is 16.5. The third-order valence-electron chi connectivity index (χ3n) is 3.73. The summed E-state index contributed by atoms with van der Waals surface area (Å²) < 4.78 is 11.0. The van der Waals surface area contributed by atoms with E-state index in [-0.39, 0.29) is 23.9 Å². The Labute approximate surface area is 145 Å². The molecule has 0 unspecified atom stereocenters. The van der Waals surface area contributed by atoms with Gasteiger partial charge in [0.05, 0.1) is 6.61 Å². The van der Waals surface area contributed by atoms with E-state index in [2.05, 4.69) is 4.98 Å². The Kier molecular flexibility index (Phi) is 5.14. The van der Waals surface area contributed by atoms with E-state index in [9.17, 15) is 9.90 Å². The predicted molar refractivity (Wildman–Crippen MR) is 95.1 cm³/mol. The number of benzene rings is 2. The molecule has 1 N–H and O–H groups in total. The Bertz CT molecular complexity index is 878. The predicted octanol–water partition coefficient (Wildman–Crippen LogP) is 4.69. The van der Waals surface area contributed by atoms with Crippen molar-refractivity contribution in [1.82, 2.24) is 4.98 Å². The maximum Gasteiger partial charge on any atom is 0.360 e. The van der Waals surface area contributed by atoms with Gasteiger partial charge in [0.25, 0.3) is 0 Å². The lowest BCUT2D eigenvalue weighted by atomic mass is 10.1. The van der Waals surface area contributed by atoms with Gasteiger partial charge in [-0.2, -0.15) is 0 Å². The van der Waals surface area contributed by atoms with E-state index in [1.165, 1.54) is 0 Å². The van der Waals surface area contributed by atoms with Crippen LogP contribution in [0, 0.1) is 0 Å². The molecule has 0 atom stereocenters. The van der Waals surface area contributed by atoms with Crippen LogP contribution in [0.25, 0.3) is 10.8 Å². The minimum Gasteiger partial charge on any atom is -0.505 e. The lowest BCUT2D eigenvalue weighted by molar-refractivity contribution is 0.0489. The highest BCUT2D eigenvalue weighted by Gasteiger charge is 2.21. The fraction of sp³-hybridized carbons (Fsp3) is 0.200. The number of rotatable bonds is 6. The quantitative estimate of drug-likeness (QED) is 0.522. The second-order valence-electron chi connectivity index (χ2n) is 5.56. The zero-order valence-electron chi connectivity index (χ0n) is 13.9. The summed E-state index contributed by atoms with van der Waals surface area (Å²) in [5.74, 6) is -0.00897. The molecule has 5 nitrogen and oxygen atoms in total. The molecule has 0 radical (unpaired) electrons. The molecule has 3 aromatic rings. The highest BCUT2D eigenvalue weighted by atomic mass is 16.5. The highest BCUT2D eigenvalue weighted by molar-refractivity contribution is 6.01. The van der Waals surface area contributed by atoms with Crippen LogP contribution in [-0.2, 0) is 4.74 Å². The summed E-state index contributed by atoms with van der Waals surface area (Å²) in [6.07, 6.45) is 1.67. The number of ether oxygens (including phenoxy) is 2.